The summed E-state index contributed by atoms with van der Waals surface area (Å²) in [4.78, 5) is 13.6. The van der Waals surface area contributed by atoms with Crippen LogP contribution in [0.25, 0.3) is 0 Å². The van der Waals surface area contributed by atoms with Crippen LogP contribution in [0.4, 0.5) is 0 Å². The monoisotopic (exact) mass is 230 g/mol. The highest BCUT2D eigenvalue weighted by Crippen LogP contribution is 2.20. The highest BCUT2D eigenvalue weighted by molar-refractivity contribution is 5.76. The van der Waals surface area contributed by atoms with E-state index in [2.05, 4.69) is 0 Å². The number of likely N-dealkylation sites (N-methyl/N-ethyl adjacent to an activating group) is 1. The van der Waals surface area contributed by atoms with Gasteiger partial charge in [0.15, 0.2) is 0 Å². The molecular weight excluding hydrogens is 204 g/mol. The summed E-state index contributed by atoms with van der Waals surface area (Å²) in [7, 11) is 3.43. The van der Waals surface area contributed by atoms with Gasteiger partial charge in [0.2, 0.25) is 5.91 Å². The van der Waals surface area contributed by atoms with E-state index in [0.29, 0.717) is 13.0 Å². The summed E-state index contributed by atoms with van der Waals surface area (Å²) in [6.45, 7) is 8.65. The van der Waals surface area contributed by atoms with Crippen molar-refractivity contribution in [3.8, 4) is 0 Å². The summed E-state index contributed by atoms with van der Waals surface area (Å²) in [6, 6.07) is -0.0261. The number of methoxy groups -OCH3 is 1. The molecule has 0 aromatic heterocycles. The molecule has 0 saturated carbocycles. The summed E-state index contributed by atoms with van der Waals surface area (Å²) in [5.41, 5.74) is 5.94. The standard InChI is InChI=1S/C12H26N2O2/c1-9(8-16-6)14(5)11(15)7-10(13)12(2,3)4/h9-10H,7-8,13H2,1-6H3. The Balaban J connectivity index is 4.25. The summed E-state index contributed by atoms with van der Waals surface area (Å²) in [6.07, 6.45) is 0.383. The van der Waals surface area contributed by atoms with Gasteiger partial charge >= 0.3 is 0 Å². The fraction of sp³-hybridized carbons (Fsp3) is 0.917. The Labute approximate surface area is 99.1 Å². The Bertz CT molecular complexity index is 224. The predicted octanol–water partition coefficient (Wildman–Crippen LogP) is 1.24. The summed E-state index contributed by atoms with van der Waals surface area (Å²) in [5.74, 6) is 0.0759. The number of carbonyl (C=O) groups is 1. The molecule has 16 heavy (non-hydrogen) atoms. The zero-order valence-electron chi connectivity index (χ0n) is 11.4. The molecule has 0 rings (SSSR count). The van der Waals surface area contributed by atoms with Gasteiger partial charge in [-0.1, -0.05) is 20.8 Å². The first-order valence-electron chi connectivity index (χ1n) is 5.70. The first-order valence-corrected chi connectivity index (χ1v) is 5.70. The Morgan fingerprint density at radius 2 is 1.94 bits per heavy atom. The molecule has 0 heterocycles. The smallest absolute Gasteiger partial charge is 0.224 e. The molecule has 0 radical (unpaired) electrons. The molecule has 4 nitrogen and oxygen atoms in total. The number of carbonyl (C=O) groups excluding carboxylic acids is 1. The minimum absolute atomic E-state index is 0.0407. The molecule has 0 aliphatic heterocycles. The largest absolute Gasteiger partial charge is 0.383 e. The Hall–Kier alpha value is -0.610. The van der Waals surface area contributed by atoms with Crippen molar-refractivity contribution < 1.29 is 9.53 Å². The second-order valence-electron chi connectivity index (χ2n) is 5.49. The van der Waals surface area contributed by atoms with Crippen LogP contribution in [0.15, 0.2) is 0 Å². The Kier molecular flexibility index (Phi) is 5.97. The molecule has 0 saturated heterocycles. The van der Waals surface area contributed by atoms with E-state index in [9.17, 15) is 4.79 Å². The topological polar surface area (TPSA) is 55.6 Å². The quantitative estimate of drug-likeness (QED) is 0.773. The van der Waals surface area contributed by atoms with Crippen molar-refractivity contribution in [2.75, 3.05) is 20.8 Å². The van der Waals surface area contributed by atoms with Crippen molar-refractivity contribution in [3.05, 3.63) is 0 Å². The van der Waals surface area contributed by atoms with Gasteiger partial charge in [-0.05, 0) is 12.3 Å². The number of nitrogens with zero attached hydrogens (tertiary/aromatic N) is 1. The van der Waals surface area contributed by atoms with E-state index in [4.69, 9.17) is 10.5 Å². The van der Waals surface area contributed by atoms with Gasteiger partial charge in [0, 0.05) is 26.6 Å². The third-order valence-corrected chi connectivity index (χ3v) is 2.97. The van der Waals surface area contributed by atoms with Crippen LogP contribution in [0.1, 0.15) is 34.1 Å². The third kappa shape index (κ3) is 4.94. The Morgan fingerprint density at radius 3 is 2.31 bits per heavy atom. The highest BCUT2D eigenvalue weighted by Gasteiger charge is 2.25. The van der Waals surface area contributed by atoms with Gasteiger partial charge in [-0.2, -0.15) is 0 Å². The Morgan fingerprint density at radius 1 is 1.44 bits per heavy atom. The maximum atomic E-state index is 11.9. The van der Waals surface area contributed by atoms with Crippen LogP contribution in [0, 0.1) is 5.41 Å². The lowest BCUT2D eigenvalue weighted by Crippen LogP contribution is -2.44. The van der Waals surface area contributed by atoms with Crippen molar-refractivity contribution in [2.45, 2.75) is 46.2 Å². The van der Waals surface area contributed by atoms with E-state index >= 15 is 0 Å². The third-order valence-electron chi connectivity index (χ3n) is 2.97. The van der Waals surface area contributed by atoms with E-state index in [1.807, 2.05) is 27.7 Å². The van der Waals surface area contributed by atoms with Crippen LogP contribution in [0.5, 0.6) is 0 Å². The lowest BCUT2D eigenvalue weighted by atomic mass is 9.85. The molecule has 0 bridgehead atoms. The van der Waals surface area contributed by atoms with E-state index in [1.165, 1.54) is 0 Å². The van der Waals surface area contributed by atoms with E-state index in [0.717, 1.165) is 0 Å². The van der Waals surface area contributed by atoms with Gasteiger partial charge in [-0.15, -0.1) is 0 Å². The summed E-state index contributed by atoms with van der Waals surface area (Å²) in [5, 5.41) is 0. The van der Waals surface area contributed by atoms with Gasteiger partial charge in [0.05, 0.1) is 12.6 Å². The van der Waals surface area contributed by atoms with Crippen LogP contribution in [0.3, 0.4) is 0 Å². The average molecular weight is 230 g/mol. The molecule has 2 N–H and O–H groups in total. The van der Waals surface area contributed by atoms with Crippen molar-refractivity contribution in [1.82, 2.24) is 4.90 Å². The normalized spacial score (nSPS) is 15.7. The fourth-order valence-corrected chi connectivity index (χ4v) is 1.24. The SMILES string of the molecule is COCC(C)N(C)C(=O)CC(N)C(C)(C)C. The van der Waals surface area contributed by atoms with Crippen LogP contribution < -0.4 is 5.73 Å². The zero-order valence-corrected chi connectivity index (χ0v) is 11.4. The number of amides is 1. The van der Waals surface area contributed by atoms with E-state index in [1.54, 1.807) is 19.1 Å². The summed E-state index contributed by atoms with van der Waals surface area (Å²) < 4.78 is 5.02. The number of hydrogen-bond acceptors (Lipinski definition) is 3. The molecule has 0 aliphatic carbocycles. The molecule has 2 atom stereocenters. The number of hydrogen-bond donors (Lipinski definition) is 1. The zero-order chi connectivity index (χ0) is 12.9. The first kappa shape index (κ1) is 15.4. The fourth-order valence-electron chi connectivity index (χ4n) is 1.24. The van der Waals surface area contributed by atoms with Crippen LogP contribution in [-0.4, -0.2) is 43.7 Å². The van der Waals surface area contributed by atoms with Crippen molar-refractivity contribution in [1.29, 1.82) is 0 Å². The molecule has 0 fully saturated rings. The maximum absolute atomic E-state index is 11.9. The molecule has 4 heteroatoms. The molecule has 0 aliphatic rings. The average Bonchev–Trinajstić information content (AvgIpc) is 2.15. The minimum Gasteiger partial charge on any atom is -0.383 e. The van der Waals surface area contributed by atoms with Gasteiger partial charge in [0.25, 0.3) is 0 Å². The predicted molar refractivity (Wildman–Crippen MR) is 66.2 cm³/mol. The molecule has 0 aromatic carbocycles. The van der Waals surface area contributed by atoms with E-state index in [-0.39, 0.29) is 23.4 Å². The second-order valence-corrected chi connectivity index (χ2v) is 5.49. The maximum Gasteiger partial charge on any atom is 0.224 e. The van der Waals surface area contributed by atoms with Crippen LogP contribution >= 0.6 is 0 Å². The van der Waals surface area contributed by atoms with Crippen molar-refractivity contribution in [2.24, 2.45) is 11.1 Å². The van der Waals surface area contributed by atoms with Gasteiger partial charge in [-0.3, -0.25) is 4.79 Å². The molecular formula is C12H26N2O2. The van der Waals surface area contributed by atoms with Crippen LogP contribution in [0.2, 0.25) is 0 Å². The van der Waals surface area contributed by atoms with Gasteiger partial charge in [-0.25, -0.2) is 0 Å². The van der Waals surface area contributed by atoms with Gasteiger partial charge in [0.1, 0.15) is 0 Å². The summed E-state index contributed by atoms with van der Waals surface area (Å²) >= 11 is 0. The minimum atomic E-state index is -0.114. The molecule has 1 amide bonds. The number of rotatable bonds is 5. The first-order chi connectivity index (χ1) is 7.20. The lowest BCUT2D eigenvalue weighted by Gasteiger charge is -2.30. The molecule has 2 unspecified atom stereocenters. The number of nitrogens with two attached hydrogens (primary N) is 1. The lowest BCUT2D eigenvalue weighted by molar-refractivity contribution is -0.133. The molecule has 96 valence electrons. The van der Waals surface area contributed by atoms with Crippen molar-refractivity contribution in [3.63, 3.8) is 0 Å². The second kappa shape index (κ2) is 6.21. The molecule has 0 spiro atoms. The van der Waals surface area contributed by atoms with Crippen LogP contribution in [-0.2, 0) is 9.53 Å². The highest BCUT2D eigenvalue weighted by atomic mass is 16.5. The number of ether oxygens (including phenoxy) is 1. The van der Waals surface area contributed by atoms with E-state index < -0.39 is 0 Å². The molecule has 0 aromatic rings. The van der Waals surface area contributed by atoms with Crippen molar-refractivity contribution >= 4 is 5.91 Å². The van der Waals surface area contributed by atoms with Gasteiger partial charge < -0.3 is 15.4 Å².